The number of piperazine rings is 1. The number of para-hydroxylation sites is 1. The molecular weight excluding hydrogens is 293 g/mol. The van der Waals surface area contributed by atoms with Gasteiger partial charge < -0.3 is 15.5 Å². The first kappa shape index (κ1) is 14.9. The van der Waals surface area contributed by atoms with Gasteiger partial charge >= 0.3 is 0 Å². The van der Waals surface area contributed by atoms with Gasteiger partial charge in [-0.3, -0.25) is 4.79 Å². The molecule has 2 bridgehead atoms. The molecular formula is C18H24FN3O. The van der Waals surface area contributed by atoms with E-state index in [1.165, 1.54) is 12.5 Å². The standard InChI is InChI=1S/C18H24FN3O/c19-14-3-1-2-4-15(14)21-7-9-22(10-8-21)18(23)16-12-5-6-13(11-12)17(16)20/h1-4,12-13,16-17H,5-11,20H2. The van der Waals surface area contributed by atoms with E-state index in [2.05, 4.69) is 0 Å². The van der Waals surface area contributed by atoms with Crippen LogP contribution >= 0.6 is 0 Å². The fourth-order valence-electron chi connectivity index (χ4n) is 4.79. The Kier molecular flexibility index (Phi) is 3.76. The molecule has 3 fully saturated rings. The highest BCUT2D eigenvalue weighted by Crippen LogP contribution is 2.48. The normalized spacial score (nSPS) is 33.3. The number of carbonyl (C=O) groups is 1. The predicted molar refractivity (Wildman–Crippen MR) is 87.5 cm³/mol. The highest BCUT2D eigenvalue weighted by atomic mass is 19.1. The van der Waals surface area contributed by atoms with Crippen molar-refractivity contribution in [2.75, 3.05) is 31.1 Å². The van der Waals surface area contributed by atoms with Gasteiger partial charge in [0.15, 0.2) is 0 Å². The van der Waals surface area contributed by atoms with E-state index in [1.54, 1.807) is 12.1 Å². The van der Waals surface area contributed by atoms with Gasteiger partial charge in [0.1, 0.15) is 5.82 Å². The third-order valence-corrected chi connectivity index (χ3v) is 6.05. The fraction of sp³-hybridized carbons (Fsp3) is 0.611. The summed E-state index contributed by atoms with van der Waals surface area (Å²) in [6.45, 7) is 2.69. The Morgan fingerprint density at radius 1 is 1.09 bits per heavy atom. The van der Waals surface area contributed by atoms with Gasteiger partial charge in [-0.15, -0.1) is 0 Å². The smallest absolute Gasteiger partial charge is 0.227 e. The van der Waals surface area contributed by atoms with Crippen molar-refractivity contribution in [3.05, 3.63) is 30.1 Å². The average Bonchev–Trinajstić information content (AvgIpc) is 3.16. The molecule has 4 unspecified atom stereocenters. The molecule has 1 amide bonds. The number of nitrogens with two attached hydrogens (primary N) is 1. The Morgan fingerprint density at radius 2 is 1.78 bits per heavy atom. The molecule has 2 N–H and O–H groups in total. The molecule has 0 spiro atoms. The zero-order chi connectivity index (χ0) is 16.0. The van der Waals surface area contributed by atoms with Gasteiger partial charge in [0.05, 0.1) is 11.6 Å². The van der Waals surface area contributed by atoms with Crippen LogP contribution in [-0.4, -0.2) is 43.0 Å². The van der Waals surface area contributed by atoms with Crippen molar-refractivity contribution >= 4 is 11.6 Å². The van der Waals surface area contributed by atoms with E-state index in [-0.39, 0.29) is 23.7 Å². The summed E-state index contributed by atoms with van der Waals surface area (Å²) in [4.78, 5) is 16.8. The maximum atomic E-state index is 13.9. The Balaban J connectivity index is 1.40. The molecule has 4 rings (SSSR count). The lowest BCUT2D eigenvalue weighted by Gasteiger charge is -2.39. The number of hydrogen-bond donors (Lipinski definition) is 1. The van der Waals surface area contributed by atoms with Crippen molar-refractivity contribution in [2.24, 2.45) is 23.5 Å². The number of anilines is 1. The summed E-state index contributed by atoms with van der Waals surface area (Å²) in [5.41, 5.74) is 6.94. The molecule has 124 valence electrons. The lowest BCUT2D eigenvalue weighted by atomic mass is 9.84. The molecule has 0 aromatic heterocycles. The molecule has 1 saturated heterocycles. The van der Waals surface area contributed by atoms with Crippen molar-refractivity contribution in [2.45, 2.75) is 25.3 Å². The van der Waals surface area contributed by atoms with Gasteiger partial charge in [-0.1, -0.05) is 12.1 Å². The molecule has 1 aliphatic heterocycles. The van der Waals surface area contributed by atoms with Crippen LogP contribution in [0.2, 0.25) is 0 Å². The van der Waals surface area contributed by atoms with E-state index < -0.39 is 0 Å². The molecule has 1 heterocycles. The van der Waals surface area contributed by atoms with Gasteiger partial charge in [-0.2, -0.15) is 0 Å². The first-order chi connectivity index (χ1) is 11.1. The lowest BCUT2D eigenvalue weighted by Crippen LogP contribution is -2.54. The van der Waals surface area contributed by atoms with E-state index in [0.717, 1.165) is 12.8 Å². The minimum atomic E-state index is -0.192. The molecule has 1 aromatic carbocycles. The van der Waals surface area contributed by atoms with Gasteiger partial charge in [-0.05, 0) is 43.2 Å². The molecule has 23 heavy (non-hydrogen) atoms. The SMILES string of the molecule is NC1C2CCC(C2)C1C(=O)N1CCN(c2ccccc2F)CC1. The number of halogens is 1. The number of fused-ring (bicyclic) bond motifs is 2. The van der Waals surface area contributed by atoms with E-state index in [1.807, 2.05) is 15.9 Å². The summed E-state index contributed by atoms with van der Waals surface area (Å²) >= 11 is 0. The van der Waals surface area contributed by atoms with Gasteiger partial charge in [-0.25, -0.2) is 4.39 Å². The van der Waals surface area contributed by atoms with Crippen LogP contribution in [0.5, 0.6) is 0 Å². The van der Waals surface area contributed by atoms with Crippen LogP contribution in [-0.2, 0) is 4.79 Å². The van der Waals surface area contributed by atoms with Crippen molar-refractivity contribution in [3.63, 3.8) is 0 Å². The highest BCUT2D eigenvalue weighted by Gasteiger charge is 2.50. The Morgan fingerprint density at radius 3 is 2.43 bits per heavy atom. The summed E-state index contributed by atoms with van der Waals surface area (Å²) in [5, 5.41) is 0. The number of carbonyl (C=O) groups excluding carboxylic acids is 1. The largest absolute Gasteiger partial charge is 0.366 e. The first-order valence-electron chi connectivity index (χ1n) is 8.69. The summed E-state index contributed by atoms with van der Waals surface area (Å²) in [7, 11) is 0. The lowest BCUT2D eigenvalue weighted by molar-refractivity contribution is -0.138. The van der Waals surface area contributed by atoms with Gasteiger partial charge in [0.2, 0.25) is 5.91 Å². The zero-order valence-corrected chi connectivity index (χ0v) is 13.3. The van der Waals surface area contributed by atoms with Crippen LogP contribution in [0, 0.1) is 23.6 Å². The molecule has 3 aliphatic rings. The third-order valence-electron chi connectivity index (χ3n) is 6.05. The molecule has 2 saturated carbocycles. The van der Waals surface area contributed by atoms with Crippen LogP contribution in [0.25, 0.3) is 0 Å². The van der Waals surface area contributed by atoms with Crippen molar-refractivity contribution in [1.82, 2.24) is 4.90 Å². The zero-order valence-electron chi connectivity index (χ0n) is 13.3. The van der Waals surface area contributed by atoms with E-state index in [0.29, 0.717) is 43.7 Å². The van der Waals surface area contributed by atoms with Crippen LogP contribution < -0.4 is 10.6 Å². The van der Waals surface area contributed by atoms with E-state index in [9.17, 15) is 9.18 Å². The number of benzene rings is 1. The second-order valence-corrected chi connectivity index (χ2v) is 7.20. The number of rotatable bonds is 2. The van der Waals surface area contributed by atoms with Crippen molar-refractivity contribution < 1.29 is 9.18 Å². The number of nitrogens with zero attached hydrogens (tertiary/aromatic N) is 2. The Bertz CT molecular complexity index is 598. The molecule has 4 nitrogen and oxygen atoms in total. The van der Waals surface area contributed by atoms with E-state index in [4.69, 9.17) is 5.73 Å². The monoisotopic (exact) mass is 317 g/mol. The summed E-state index contributed by atoms with van der Waals surface area (Å²) < 4.78 is 13.9. The topological polar surface area (TPSA) is 49.6 Å². The van der Waals surface area contributed by atoms with Crippen molar-refractivity contribution in [3.8, 4) is 0 Å². The summed E-state index contributed by atoms with van der Waals surface area (Å²) in [6.07, 6.45) is 3.48. The molecule has 2 aliphatic carbocycles. The van der Waals surface area contributed by atoms with Crippen LogP contribution in [0.4, 0.5) is 10.1 Å². The average molecular weight is 317 g/mol. The quantitative estimate of drug-likeness (QED) is 0.905. The second-order valence-electron chi connectivity index (χ2n) is 7.20. The Labute approximate surface area is 136 Å². The molecule has 0 radical (unpaired) electrons. The number of hydrogen-bond acceptors (Lipinski definition) is 3. The van der Waals surface area contributed by atoms with Crippen LogP contribution in [0.3, 0.4) is 0 Å². The third kappa shape index (κ3) is 2.51. The minimum absolute atomic E-state index is 0.0220. The molecule has 1 aromatic rings. The fourth-order valence-corrected chi connectivity index (χ4v) is 4.79. The van der Waals surface area contributed by atoms with Gasteiger partial charge in [0, 0.05) is 32.2 Å². The number of amides is 1. The highest BCUT2D eigenvalue weighted by molar-refractivity contribution is 5.81. The Hall–Kier alpha value is -1.62. The van der Waals surface area contributed by atoms with E-state index >= 15 is 0 Å². The van der Waals surface area contributed by atoms with Crippen LogP contribution in [0.15, 0.2) is 24.3 Å². The minimum Gasteiger partial charge on any atom is -0.366 e. The summed E-state index contributed by atoms with van der Waals surface area (Å²) in [5.74, 6) is 1.11. The van der Waals surface area contributed by atoms with Crippen LogP contribution in [0.1, 0.15) is 19.3 Å². The molecule has 5 heteroatoms. The maximum Gasteiger partial charge on any atom is 0.227 e. The first-order valence-corrected chi connectivity index (χ1v) is 8.69. The predicted octanol–water partition coefficient (Wildman–Crippen LogP) is 1.85. The second kappa shape index (κ2) is 5.78. The van der Waals surface area contributed by atoms with Crippen molar-refractivity contribution in [1.29, 1.82) is 0 Å². The molecule has 4 atom stereocenters. The maximum absolute atomic E-state index is 13.9. The summed E-state index contributed by atoms with van der Waals surface area (Å²) in [6, 6.07) is 6.89. The van der Waals surface area contributed by atoms with Gasteiger partial charge in [0.25, 0.3) is 0 Å².